The quantitative estimate of drug-likeness (QED) is 0.126. The van der Waals surface area contributed by atoms with Gasteiger partial charge in [0, 0.05) is 58.9 Å². The highest BCUT2D eigenvalue weighted by Crippen LogP contribution is 2.54. The number of para-hydroxylation sites is 1. The van der Waals surface area contributed by atoms with E-state index in [0.29, 0.717) is 5.92 Å². The van der Waals surface area contributed by atoms with Crippen LogP contribution >= 0.6 is 11.3 Å². The van der Waals surface area contributed by atoms with E-state index < -0.39 is 0 Å². The Morgan fingerprint density at radius 2 is 1.33 bits per heavy atom. The predicted molar refractivity (Wildman–Crippen MR) is 295 cm³/mol. The summed E-state index contributed by atoms with van der Waals surface area (Å²) in [5.74, 6) is 0.617. The van der Waals surface area contributed by atoms with Gasteiger partial charge in [-0.25, -0.2) is 0 Å². The first-order chi connectivity index (χ1) is 31.7. The third-order valence-corrected chi connectivity index (χ3v) is 16.4. The number of fused-ring (bicyclic) bond motifs is 9. The first kappa shape index (κ1) is 42.4. The molecule has 0 aliphatic heterocycles. The van der Waals surface area contributed by atoms with Crippen molar-refractivity contribution >= 4 is 85.6 Å². The van der Waals surface area contributed by atoms with Gasteiger partial charge in [0.1, 0.15) is 15.7 Å². The van der Waals surface area contributed by atoms with Crippen LogP contribution in [0.15, 0.2) is 140 Å². The van der Waals surface area contributed by atoms with E-state index in [4.69, 9.17) is 5.73 Å². The lowest BCUT2D eigenvalue weighted by molar-refractivity contribution is 0.417. The molecule has 0 atom stereocenters. The fourth-order valence-corrected chi connectivity index (χ4v) is 12.8. The van der Waals surface area contributed by atoms with Crippen LogP contribution in [0, 0.1) is 19.8 Å². The molecule has 0 fully saturated rings. The molecule has 5 heteroatoms. The Bertz CT molecular complexity index is 3620. The van der Waals surface area contributed by atoms with E-state index in [9.17, 15) is 0 Å². The van der Waals surface area contributed by atoms with Crippen molar-refractivity contribution in [3.63, 3.8) is 0 Å². The Balaban J connectivity index is 1.48. The molecule has 1 aliphatic carbocycles. The number of benzene rings is 8. The van der Waals surface area contributed by atoms with Gasteiger partial charge in [0.15, 0.2) is 0 Å². The number of anilines is 1. The van der Waals surface area contributed by atoms with Gasteiger partial charge >= 0.3 is 0 Å². The van der Waals surface area contributed by atoms with Gasteiger partial charge in [0.25, 0.3) is 0 Å². The summed E-state index contributed by atoms with van der Waals surface area (Å²) < 4.78 is 5.39. The standard InChI is InChI=1S/C61H58B2N2S/c1-34(2)27-28-60(5,6)49-33-53-46-31-44(49)45-30-38(62)29-43(37-18-10-9-11-19-37)58(45)65(59-50(63)25-26-52(66-53)56(46)59)51-32-42(39-20-13-12-17-35(39)3)36(4)54-41-22-16-24-48(57(41)64)61(7,8)47-23-15-14-21-40(47)55(51)54/h9-26,29-34H,27-28,62-64H2,1-8H3. The van der Waals surface area contributed by atoms with Crippen LogP contribution in [0.3, 0.4) is 0 Å². The van der Waals surface area contributed by atoms with Gasteiger partial charge in [-0.2, -0.15) is 0 Å². The molecule has 2 heterocycles. The van der Waals surface area contributed by atoms with Gasteiger partial charge < -0.3 is 10.3 Å². The van der Waals surface area contributed by atoms with Crippen LogP contribution in [0.5, 0.6) is 0 Å². The molecule has 11 rings (SSSR count). The minimum atomic E-state index is -0.377. The summed E-state index contributed by atoms with van der Waals surface area (Å²) in [6.45, 7) is 19.0. The van der Waals surface area contributed by atoms with Crippen molar-refractivity contribution < 1.29 is 0 Å². The highest BCUT2D eigenvalue weighted by atomic mass is 32.1. The van der Waals surface area contributed by atoms with E-state index in [1.54, 1.807) is 0 Å². The summed E-state index contributed by atoms with van der Waals surface area (Å²) in [6.07, 6.45) is 2.27. The molecule has 1 aliphatic rings. The number of thiophene rings is 1. The molecule has 0 saturated carbocycles. The summed E-state index contributed by atoms with van der Waals surface area (Å²) in [5.41, 5.74) is 30.0. The van der Waals surface area contributed by atoms with Crippen LogP contribution in [-0.4, -0.2) is 20.3 Å². The zero-order chi connectivity index (χ0) is 46.0. The van der Waals surface area contributed by atoms with Crippen molar-refractivity contribution in [1.82, 2.24) is 4.57 Å². The second-order valence-corrected chi connectivity index (χ2v) is 22.0. The first-order valence-electron chi connectivity index (χ1n) is 23.9. The minimum Gasteiger partial charge on any atom is -0.398 e. The molecular formula is C61H58B2N2S. The van der Waals surface area contributed by atoms with Crippen LogP contribution in [0.1, 0.15) is 82.2 Å². The fraction of sp³-hybridized carbons (Fsp3) is 0.213. The second kappa shape index (κ2) is 15.4. The van der Waals surface area contributed by atoms with Gasteiger partial charge in [-0.15, -0.1) is 11.3 Å². The number of aryl methyl sites for hydroxylation is 1. The molecule has 0 amide bonds. The summed E-state index contributed by atoms with van der Waals surface area (Å²) in [4.78, 5) is 0. The molecule has 0 saturated heterocycles. The van der Waals surface area contributed by atoms with E-state index in [-0.39, 0.29) is 10.8 Å². The number of rotatable bonds is 7. The molecule has 324 valence electrons. The third kappa shape index (κ3) is 6.37. The summed E-state index contributed by atoms with van der Waals surface area (Å²) in [6, 6.07) is 53.3. The monoisotopic (exact) mass is 872 g/mol. The van der Waals surface area contributed by atoms with Gasteiger partial charge in [0.05, 0.1) is 11.2 Å². The van der Waals surface area contributed by atoms with E-state index in [0.717, 1.165) is 28.9 Å². The molecular weight excluding hydrogens is 814 g/mol. The van der Waals surface area contributed by atoms with Gasteiger partial charge in [-0.1, -0.05) is 174 Å². The number of hydrogen-bond acceptors (Lipinski definition) is 2. The summed E-state index contributed by atoms with van der Waals surface area (Å²) in [5, 5.41) is 5.25. The van der Waals surface area contributed by atoms with Crippen LogP contribution in [0.4, 0.5) is 5.69 Å². The lowest BCUT2D eigenvalue weighted by Crippen LogP contribution is -2.24. The lowest BCUT2D eigenvalue weighted by Gasteiger charge is -2.36. The topological polar surface area (TPSA) is 30.9 Å². The van der Waals surface area contributed by atoms with Crippen molar-refractivity contribution in [2.24, 2.45) is 5.92 Å². The molecule has 2 aromatic heterocycles. The Morgan fingerprint density at radius 3 is 2.09 bits per heavy atom. The smallest absolute Gasteiger partial charge is 0.142 e. The predicted octanol–water partition coefficient (Wildman–Crippen LogP) is 13.9. The zero-order valence-electron chi connectivity index (χ0n) is 40.2. The number of nitrogen functional groups attached to an aromatic ring is 1. The molecule has 0 radical (unpaired) electrons. The maximum atomic E-state index is 7.57. The summed E-state index contributed by atoms with van der Waals surface area (Å²) >= 11 is 1.94. The molecule has 0 unspecified atom stereocenters. The molecule has 66 heavy (non-hydrogen) atoms. The largest absolute Gasteiger partial charge is 0.398 e. The highest BCUT2D eigenvalue weighted by molar-refractivity contribution is 7.26. The maximum Gasteiger partial charge on any atom is 0.142 e. The SMILES string of the molecule is Bc1cc(-c2ccccc2)c2c(c1)c1cc3c(cc1C(C)(C)CCC(C)C)sc1ccc(B)c(c13)n2-c1cc(-c2ccccc2C)c(C)c2c1-c1ccccc1C(C)(C)c1cccc-2c1N. The van der Waals surface area contributed by atoms with E-state index in [2.05, 4.69) is 215 Å². The van der Waals surface area contributed by atoms with Crippen LogP contribution < -0.4 is 16.7 Å². The first-order valence-corrected chi connectivity index (χ1v) is 24.7. The van der Waals surface area contributed by atoms with Crippen molar-refractivity contribution in [3.8, 4) is 50.2 Å². The third-order valence-electron chi connectivity index (χ3n) is 15.3. The van der Waals surface area contributed by atoms with Gasteiger partial charge in [-0.3, -0.25) is 0 Å². The van der Waals surface area contributed by atoms with Crippen LogP contribution in [0.2, 0.25) is 0 Å². The van der Waals surface area contributed by atoms with Crippen molar-refractivity contribution in [1.29, 1.82) is 0 Å². The number of aromatic nitrogens is 1. The normalized spacial score (nSPS) is 13.4. The minimum absolute atomic E-state index is 0.0784. The Morgan fingerprint density at radius 1 is 0.636 bits per heavy atom. The molecule has 0 spiro atoms. The van der Waals surface area contributed by atoms with E-state index >= 15 is 0 Å². The molecule has 2 nitrogen and oxygen atoms in total. The van der Waals surface area contributed by atoms with Gasteiger partial charge in [-0.05, 0) is 117 Å². The van der Waals surface area contributed by atoms with Crippen molar-refractivity contribution in [3.05, 3.63) is 167 Å². The maximum absolute atomic E-state index is 7.57. The Kier molecular flexibility index (Phi) is 9.88. The number of nitrogens with two attached hydrogens (primary N) is 1. The Hall–Kier alpha value is -6.29. The number of nitrogens with zero attached hydrogens (tertiary/aromatic N) is 1. The lowest BCUT2D eigenvalue weighted by atomic mass is 9.69. The fourth-order valence-electron chi connectivity index (χ4n) is 11.7. The number of hydrogen-bond donors (Lipinski definition) is 1. The molecule has 8 aromatic carbocycles. The van der Waals surface area contributed by atoms with Gasteiger partial charge in [0.2, 0.25) is 0 Å². The molecule has 2 N–H and O–H groups in total. The summed E-state index contributed by atoms with van der Waals surface area (Å²) in [7, 11) is 4.61. The molecule has 10 aromatic rings. The second-order valence-electron chi connectivity index (χ2n) is 20.9. The molecule has 4 bridgehead atoms. The van der Waals surface area contributed by atoms with Crippen LogP contribution in [0.25, 0.3) is 92.2 Å². The average molecular weight is 873 g/mol. The van der Waals surface area contributed by atoms with Crippen LogP contribution in [-0.2, 0) is 10.8 Å². The zero-order valence-corrected chi connectivity index (χ0v) is 41.0. The van der Waals surface area contributed by atoms with Crippen molar-refractivity contribution in [2.45, 2.75) is 79.1 Å². The van der Waals surface area contributed by atoms with Crippen molar-refractivity contribution in [2.75, 3.05) is 5.73 Å². The Labute approximate surface area is 396 Å². The highest BCUT2D eigenvalue weighted by Gasteiger charge is 2.36. The average Bonchev–Trinajstić information content (AvgIpc) is 3.66. The van der Waals surface area contributed by atoms with E-state index in [1.165, 1.54) is 121 Å². The van der Waals surface area contributed by atoms with E-state index in [1.807, 2.05) is 11.3 Å².